The molecular weight excluding hydrogens is 415 g/mol. The summed E-state index contributed by atoms with van der Waals surface area (Å²) in [4.78, 5) is 31.0. The summed E-state index contributed by atoms with van der Waals surface area (Å²) in [5, 5.41) is 2.61. The zero-order valence-corrected chi connectivity index (χ0v) is 17.9. The molecule has 1 aromatic heterocycles. The van der Waals surface area contributed by atoms with E-state index < -0.39 is 0 Å². The Morgan fingerprint density at radius 2 is 1.71 bits per heavy atom. The fraction of sp³-hybridized carbons (Fsp3) is 0.333. The fourth-order valence-electron chi connectivity index (χ4n) is 4.16. The molecule has 2 unspecified atom stereocenters. The summed E-state index contributed by atoms with van der Waals surface area (Å²) in [5.74, 6) is 0.310. The van der Waals surface area contributed by atoms with Gasteiger partial charge in [-0.05, 0) is 47.9 Å². The summed E-state index contributed by atoms with van der Waals surface area (Å²) in [7, 11) is 0. The van der Waals surface area contributed by atoms with Crippen LogP contribution in [-0.4, -0.2) is 29.8 Å². The Balaban J connectivity index is 1.81. The first kappa shape index (κ1) is 19.5. The van der Waals surface area contributed by atoms with Crippen molar-refractivity contribution in [3.8, 4) is 0 Å². The highest BCUT2D eigenvalue weighted by molar-refractivity contribution is 7.11. The van der Waals surface area contributed by atoms with Gasteiger partial charge in [-0.3, -0.25) is 9.59 Å². The topological polar surface area (TPSA) is 40.6 Å². The number of imide groups is 1. The molecule has 3 heterocycles. The highest BCUT2D eigenvalue weighted by Gasteiger charge is 2.44. The second-order valence-corrected chi connectivity index (χ2v) is 9.36. The predicted octanol–water partition coefficient (Wildman–Crippen LogP) is 5.32. The second-order valence-electron chi connectivity index (χ2n) is 7.60. The van der Waals surface area contributed by atoms with Crippen molar-refractivity contribution in [2.75, 3.05) is 18.0 Å². The maximum Gasteiger partial charge on any atom is 0.282 e. The van der Waals surface area contributed by atoms with Crippen LogP contribution in [0.15, 0.2) is 41.4 Å². The molecule has 0 bridgehead atoms. The zero-order valence-electron chi connectivity index (χ0n) is 15.6. The largest absolute Gasteiger partial charge is 0.366 e. The van der Waals surface area contributed by atoms with Crippen molar-refractivity contribution in [1.29, 1.82) is 0 Å². The molecule has 1 fully saturated rings. The Morgan fingerprint density at radius 1 is 1.00 bits per heavy atom. The van der Waals surface area contributed by atoms with Gasteiger partial charge in [-0.15, -0.1) is 11.3 Å². The summed E-state index contributed by atoms with van der Waals surface area (Å²) in [5.41, 5.74) is 1.41. The summed E-state index contributed by atoms with van der Waals surface area (Å²) in [6.45, 7) is 5.91. The standard InChI is InChI=1S/C21H20Cl2N2O2S/c1-12-8-13(2)11-24(10-12)19-18(17-4-3-7-28-17)20(26)25(21(19)27)14-5-6-15(22)16(23)9-14/h3-7,9,12-13H,8,10-11H2,1-2H3. The third-order valence-corrected chi connectivity index (χ3v) is 6.80. The first-order valence-electron chi connectivity index (χ1n) is 9.23. The van der Waals surface area contributed by atoms with E-state index in [9.17, 15) is 9.59 Å². The minimum atomic E-state index is -0.313. The summed E-state index contributed by atoms with van der Waals surface area (Å²) in [6, 6.07) is 8.61. The van der Waals surface area contributed by atoms with Gasteiger partial charge in [-0.1, -0.05) is 43.1 Å². The van der Waals surface area contributed by atoms with Crippen molar-refractivity contribution >= 4 is 57.6 Å². The van der Waals surface area contributed by atoms with Crippen molar-refractivity contribution < 1.29 is 9.59 Å². The number of thiophene rings is 1. The van der Waals surface area contributed by atoms with Gasteiger partial charge in [0, 0.05) is 18.0 Å². The molecule has 2 atom stereocenters. The number of carbonyl (C=O) groups excluding carboxylic acids is 2. The Morgan fingerprint density at radius 3 is 2.32 bits per heavy atom. The first-order chi connectivity index (χ1) is 13.4. The fourth-order valence-corrected chi connectivity index (χ4v) is 5.21. The van der Waals surface area contributed by atoms with Crippen molar-refractivity contribution in [3.63, 3.8) is 0 Å². The quantitative estimate of drug-likeness (QED) is 0.613. The van der Waals surface area contributed by atoms with E-state index in [-0.39, 0.29) is 11.8 Å². The molecule has 4 rings (SSSR count). The third-order valence-electron chi connectivity index (χ3n) is 5.17. The number of hydrogen-bond acceptors (Lipinski definition) is 4. The van der Waals surface area contributed by atoms with Gasteiger partial charge in [0.15, 0.2) is 0 Å². The van der Waals surface area contributed by atoms with Crippen LogP contribution in [0.5, 0.6) is 0 Å². The van der Waals surface area contributed by atoms with Gasteiger partial charge in [0.05, 0.1) is 21.3 Å². The predicted molar refractivity (Wildman–Crippen MR) is 115 cm³/mol. The molecule has 0 N–H and O–H groups in total. The molecule has 2 amide bonds. The average Bonchev–Trinajstić information content (AvgIpc) is 3.23. The third kappa shape index (κ3) is 3.36. The number of piperidine rings is 1. The van der Waals surface area contributed by atoms with Gasteiger partial charge in [-0.2, -0.15) is 0 Å². The van der Waals surface area contributed by atoms with Crippen molar-refractivity contribution in [3.05, 3.63) is 56.3 Å². The molecule has 146 valence electrons. The number of nitrogens with zero attached hydrogens (tertiary/aromatic N) is 2. The van der Waals surface area contributed by atoms with Crippen LogP contribution in [0.3, 0.4) is 0 Å². The normalized spacial score (nSPS) is 23.1. The number of rotatable bonds is 3. The Kier molecular flexibility index (Phi) is 5.25. The SMILES string of the molecule is CC1CC(C)CN(C2=C(c3cccs3)C(=O)N(c3ccc(Cl)c(Cl)c3)C2=O)C1. The maximum absolute atomic E-state index is 13.5. The highest BCUT2D eigenvalue weighted by Crippen LogP contribution is 2.39. The molecule has 2 aliphatic heterocycles. The molecule has 28 heavy (non-hydrogen) atoms. The molecule has 2 aromatic rings. The highest BCUT2D eigenvalue weighted by atomic mass is 35.5. The van der Waals surface area contributed by atoms with Crippen molar-refractivity contribution in [2.45, 2.75) is 20.3 Å². The van der Waals surface area contributed by atoms with Crippen LogP contribution >= 0.6 is 34.5 Å². The summed E-state index contributed by atoms with van der Waals surface area (Å²) in [6.07, 6.45) is 1.12. The minimum absolute atomic E-state index is 0.298. The molecule has 0 radical (unpaired) electrons. The van der Waals surface area contributed by atoms with Crippen LogP contribution < -0.4 is 4.90 Å². The first-order valence-corrected chi connectivity index (χ1v) is 10.9. The number of likely N-dealkylation sites (tertiary alicyclic amines) is 1. The van der Waals surface area contributed by atoms with E-state index in [0.717, 1.165) is 24.4 Å². The van der Waals surface area contributed by atoms with Gasteiger partial charge < -0.3 is 4.90 Å². The molecule has 2 aliphatic rings. The van der Waals surface area contributed by atoms with Crippen molar-refractivity contribution in [1.82, 2.24) is 4.90 Å². The Hall–Kier alpha value is -1.82. The zero-order chi connectivity index (χ0) is 20.0. The van der Waals surface area contributed by atoms with Crippen LogP contribution in [-0.2, 0) is 9.59 Å². The van der Waals surface area contributed by atoms with Crippen LogP contribution in [0.2, 0.25) is 10.0 Å². The lowest BCUT2D eigenvalue weighted by atomic mass is 9.91. The minimum Gasteiger partial charge on any atom is -0.366 e. The van der Waals surface area contributed by atoms with Gasteiger partial charge in [-0.25, -0.2) is 4.90 Å². The van der Waals surface area contributed by atoms with E-state index in [0.29, 0.717) is 38.8 Å². The summed E-state index contributed by atoms with van der Waals surface area (Å²) >= 11 is 13.6. The van der Waals surface area contributed by atoms with E-state index >= 15 is 0 Å². The van der Waals surface area contributed by atoms with Crippen LogP contribution in [0.1, 0.15) is 25.1 Å². The monoisotopic (exact) mass is 434 g/mol. The average molecular weight is 435 g/mol. The van der Waals surface area contributed by atoms with Crippen molar-refractivity contribution in [2.24, 2.45) is 11.8 Å². The Labute approximate surface area is 178 Å². The lowest BCUT2D eigenvalue weighted by Crippen LogP contribution is -2.42. The number of hydrogen-bond donors (Lipinski definition) is 0. The molecular formula is C21H20Cl2N2O2S. The second kappa shape index (κ2) is 7.54. The molecule has 7 heteroatoms. The van der Waals surface area contributed by atoms with E-state index in [1.54, 1.807) is 18.2 Å². The lowest BCUT2D eigenvalue weighted by Gasteiger charge is -2.37. The van der Waals surface area contributed by atoms with Crippen LogP contribution in [0, 0.1) is 11.8 Å². The number of carbonyl (C=O) groups is 2. The molecule has 0 aliphatic carbocycles. The lowest BCUT2D eigenvalue weighted by molar-refractivity contribution is -0.120. The van der Waals surface area contributed by atoms with Gasteiger partial charge in [0.1, 0.15) is 5.70 Å². The Bertz CT molecular complexity index is 961. The van der Waals surface area contributed by atoms with Gasteiger partial charge in [0.25, 0.3) is 11.8 Å². The molecule has 0 spiro atoms. The number of amides is 2. The van der Waals surface area contributed by atoms with E-state index in [1.165, 1.54) is 16.2 Å². The van der Waals surface area contributed by atoms with E-state index in [4.69, 9.17) is 23.2 Å². The maximum atomic E-state index is 13.5. The molecule has 0 saturated carbocycles. The number of anilines is 1. The van der Waals surface area contributed by atoms with E-state index in [1.807, 2.05) is 17.5 Å². The van der Waals surface area contributed by atoms with Crippen LogP contribution in [0.4, 0.5) is 5.69 Å². The number of benzene rings is 1. The molecule has 1 saturated heterocycles. The molecule has 1 aromatic carbocycles. The van der Waals surface area contributed by atoms with Crippen LogP contribution in [0.25, 0.3) is 5.57 Å². The molecule has 4 nitrogen and oxygen atoms in total. The smallest absolute Gasteiger partial charge is 0.282 e. The van der Waals surface area contributed by atoms with Gasteiger partial charge in [0.2, 0.25) is 0 Å². The van der Waals surface area contributed by atoms with Gasteiger partial charge >= 0.3 is 0 Å². The number of halogens is 2. The summed E-state index contributed by atoms with van der Waals surface area (Å²) < 4.78 is 0. The van der Waals surface area contributed by atoms with E-state index in [2.05, 4.69) is 18.7 Å².